The molecular formula is C26H27N3OS. The number of nitrogens with one attached hydrogen (secondary N) is 1. The summed E-state index contributed by atoms with van der Waals surface area (Å²) in [5.74, 6) is -0.0535. The van der Waals surface area contributed by atoms with E-state index in [0.29, 0.717) is 0 Å². The normalized spacial score (nSPS) is 14.1. The van der Waals surface area contributed by atoms with Gasteiger partial charge in [-0.05, 0) is 73.0 Å². The monoisotopic (exact) mass is 429 g/mol. The summed E-state index contributed by atoms with van der Waals surface area (Å²) in [5.41, 5.74) is 5.21. The van der Waals surface area contributed by atoms with Gasteiger partial charge in [0.15, 0.2) is 0 Å². The number of hydrogen-bond acceptors (Lipinski definition) is 3. The molecule has 5 heteroatoms. The predicted octanol–water partition coefficient (Wildman–Crippen LogP) is 6.19. The molecule has 0 saturated carbocycles. The minimum absolute atomic E-state index is 0.0535. The number of carbonyl (C=O) groups is 1. The Hall–Kier alpha value is -3.05. The van der Waals surface area contributed by atoms with Gasteiger partial charge in [0.2, 0.25) is 0 Å². The number of rotatable bonds is 6. The number of hydrogen-bond donors (Lipinski definition) is 1. The lowest BCUT2D eigenvalue weighted by atomic mass is 10.1. The zero-order valence-electron chi connectivity index (χ0n) is 17.6. The Kier molecular flexibility index (Phi) is 5.76. The Morgan fingerprint density at radius 2 is 1.71 bits per heavy atom. The molecule has 0 radical (unpaired) electrons. The Labute approximate surface area is 187 Å². The lowest BCUT2D eigenvalue weighted by molar-refractivity contribution is 0.101. The molecule has 1 amide bonds. The second-order valence-corrected chi connectivity index (χ2v) is 9.08. The van der Waals surface area contributed by atoms with Crippen molar-refractivity contribution >= 4 is 38.8 Å². The van der Waals surface area contributed by atoms with Crippen LogP contribution < -0.4 is 10.2 Å². The summed E-state index contributed by atoms with van der Waals surface area (Å²) in [6.45, 7) is 3.02. The molecule has 4 nitrogen and oxygen atoms in total. The summed E-state index contributed by atoms with van der Waals surface area (Å²) < 4.78 is 3.30. The molecule has 0 spiro atoms. The molecule has 0 unspecified atom stereocenters. The first-order valence-corrected chi connectivity index (χ1v) is 11.9. The molecule has 1 aliphatic heterocycles. The highest BCUT2D eigenvalue weighted by Crippen LogP contribution is 2.27. The van der Waals surface area contributed by atoms with E-state index in [1.807, 2.05) is 24.3 Å². The van der Waals surface area contributed by atoms with Crippen molar-refractivity contribution < 1.29 is 4.79 Å². The summed E-state index contributed by atoms with van der Waals surface area (Å²) in [6, 6.07) is 22.8. The highest BCUT2D eigenvalue weighted by atomic mass is 32.1. The third kappa shape index (κ3) is 4.37. The molecule has 158 valence electrons. The zero-order valence-corrected chi connectivity index (χ0v) is 18.4. The standard InChI is InChI=1S/C26H27N3OS/c30-26(27-21-9-11-22(12-10-21)28-15-5-2-6-16-28)24-19-25-23(14-18-31-25)29(24)17-13-20-7-3-1-4-8-20/h1,3-4,7-12,14,18-19H,2,5-6,13,15-17H2,(H,27,30). The maximum atomic E-state index is 13.2. The van der Waals surface area contributed by atoms with Gasteiger partial charge in [0.1, 0.15) is 5.69 Å². The van der Waals surface area contributed by atoms with Crippen LogP contribution >= 0.6 is 11.3 Å². The molecule has 5 rings (SSSR count). The molecule has 0 atom stereocenters. The van der Waals surface area contributed by atoms with E-state index < -0.39 is 0 Å². The second kappa shape index (κ2) is 8.98. The fourth-order valence-corrected chi connectivity index (χ4v) is 5.22. The summed E-state index contributed by atoms with van der Waals surface area (Å²) in [6.07, 6.45) is 4.74. The third-order valence-electron chi connectivity index (χ3n) is 6.07. The van der Waals surface area contributed by atoms with Crippen LogP contribution in [0.25, 0.3) is 10.2 Å². The van der Waals surface area contributed by atoms with Crippen LogP contribution in [-0.2, 0) is 13.0 Å². The van der Waals surface area contributed by atoms with E-state index in [1.54, 1.807) is 11.3 Å². The van der Waals surface area contributed by atoms with Crippen LogP contribution in [0.3, 0.4) is 0 Å². The maximum absolute atomic E-state index is 13.2. The average Bonchev–Trinajstić information content (AvgIpc) is 3.41. The summed E-state index contributed by atoms with van der Waals surface area (Å²) >= 11 is 1.68. The first-order chi connectivity index (χ1) is 15.3. The van der Waals surface area contributed by atoms with Gasteiger partial charge in [-0.3, -0.25) is 4.79 Å². The van der Waals surface area contributed by atoms with Gasteiger partial charge in [-0.1, -0.05) is 30.3 Å². The van der Waals surface area contributed by atoms with Crippen molar-refractivity contribution in [3.63, 3.8) is 0 Å². The molecule has 1 N–H and O–H groups in total. The van der Waals surface area contributed by atoms with E-state index in [1.165, 1.54) is 30.5 Å². The van der Waals surface area contributed by atoms with E-state index >= 15 is 0 Å². The van der Waals surface area contributed by atoms with Crippen molar-refractivity contribution in [3.8, 4) is 0 Å². The van der Waals surface area contributed by atoms with Crippen LogP contribution in [0, 0.1) is 0 Å². The third-order valence-corrected chi connectivity index (χ3v) is 6.92. The number of aryl methyl sites for hydroxylation is 2. The lowest BCUT2D eigenvalue weighted by Gasteiger charge is -2.28. The molecule has 2 aromatic heterocycles. The number of benzene rings is 2. The van der Waals surface area contributed by atoms with Crippen LogP contribution in [0.1, 0.15) is 35.3 Å². The molecule has 1 fully saturated rings. The van der Waals surface area contributed by atoms with Gasteiger partial charge in [0.05, 0.1) is 10.2 Å². The molecular weight excluding hydrogens is 402 g/mol. The lowest BCUT2D eigenvalue weighted by Crippen LogP contribution is -2.29. The molecule has 4 aromatic rings. The van der Waals surface area contributed by atoms with E-state index in [2.05, 4.69) is 62.6 Å². The van der Waals surface area contributed by atoms with E-state index in [-0.39, 0.29) is 5.91 Å². The Balaban J connectivity index is 1.33. The zero-order chi connectivity index (χ0) is 21.0. The Bertz CT molecular complexity index is 1150. The van der Waals surface area contributed by atoms with Crippen molar-refractivity contribution in [2.45, 2.75) is 32.2 Å². The van der Waals surface area contributed by atoms with E-state index in [9.17, 15) is 4.79 Å². The fraction of sp³-hybridized carbons (Fsp3) is 0.269. The van der Waals surface area contributed by atoms with E-state index in [4.69, 9.17) is 0 Å². The van der Waals surface area contributed by atoms with Crippen molar-refractivity contribution in [3.05, 3.63) is 83.4 Å². The quantitative estimate of drug-likeness (QED) is 0.397. The molecule has 0 aliphatic carbocycles. The van der Waals surface area contributed by atoms with Crippen LogP contribution in [-0.4, -0.2) is 23.6 Å². The van der Waals surface area contributed by atoms with Crippen molar-refractivity contribution in [1.82, 2.24) is 4.57 Å². The van der Waals surface area contributed by atoms with Crippen LogP contribution in [0.5, 0.6) is 0 Å². The number of anilines is 2. The summed E-state index contributed by atoms with van der Waals surface area (Å²) in [7, 11) is 0. The van der Waals surface area contributed by atoms with Crippen LogP contribution in [0.15, 0.2) is 72.1 Å². The minimum Gasteiger partial charge on any atom is -0.372 e. The Morgan fingerprint density at radius 1 is 0.935 bits per heavy atom. The topological polar surface area (TPSA) is 37.3 Å². The number of aromatic nitrogens is 1. The van der Waals surface area contributed by atoms with Gasteiger partial charge >= 0.3 is 0 Å². The van der Waals surface area contributed by atoms with Crippen molar-refractivity contribution in [2.24, 2.45) is 0 Å². The predicted molar refractivity (Wildman–Crippen MR) is 130 cm³/mol. The van der Waals surface area contributed by atoms with Gasteiger partial charge in [-0.15, -0.1) is 11.3 Å². The van der Waals surface area contributed by atoms with Crippen LogP contribution in [0.2, 0.25) is 0 Å². The molecule has 1 saturated heterocycles. The van der Waals surface area contributed by atoms with Gasteiger partial charge in [-0.2, -0.15) is 0 Å². The maximum Gasteiger partial charge on any atom is 0.272 e. The molecule has 31 heavy (non-hydrogen) atoms. The van der Waals surface area contributed by atoms with Gasteiger partial charge < -0.3 is 14.8 Å². The smallest absolute Gasteiger partial charge is 0.272 e. The van der Waals surface area contributed by atoms with Crippen LogP contribution in [0.4, 0.5) is 11.4 Å². The first kappa shape index (κ1) is 19.9. The van der Waals surface area contributed by atoms with Crippen molar-refractivity contribution in [1.29, 1.82) is 0 Å². The molecule has 3 heterocycles. The van der Waals surface area contributed by atoms with E-state index in [0.717, 1.165) is 47.7 Å². The largest absolute Gasteiger partial charge is 0.372 e. The summed E-state index contributed by atoms with van der Waals surface area (Å²) in [5, 5.41) is 5.19. The molecule has 0 bridgehead atoms. The van der Waals surface area contributed by atoms with Gasteiger partial charge in [0.25, 0.3) is 5.91 Å². The average molecular weight is 430 g/mol. The number of thiophene rings is 1. The Morgan fingerprint density at radius 3 is 2.48 bits per heavy atom. The second-order valence-electron chi connectivity index (χ2n) is 8.14. The highest BCUT2D eigenvalue weighted by Gasteiger charge is 2.17. The molecule has 1 aliphatic rings. The first-order valence-electron chi connectivity index (χ1n) is 11.0. The summed E-state index contributed by atoms with van der Waals surface area (Å²) in [4.78, 5) is 15.6. The van der Waals surface area contributed by atoms with Crippen molar-refractivity contribution in [2.75, 3.05) is 23.3 Å². The number of nitrogens with zero attached hydrogens (tertiary/aromatic N) is 2. The van der Waals surface area contributed by atoms with Gasteiger partial charge in [0, 0.05) is 31.0 Å². The number of fused-ring (bicyclic) bond motifs is 1. The fourth-order valence-electron chi connectivity index (χ4n) is 4.39. The molecule has 2 aromatic carbocycles. The number of amides is 1. The van der Waals surface area contributed by atoms with Gasteiger partial charge in [-0.25, -0.2) is 0 Å². The minimum atomic E-state index is -0.0535. The highest BCUT2D eigenvalue weighted by molar-refractivity contribution is 7.17. The SMILES string of the molecule is O=C(Nc1ccc(N2CCCCC2)cc1)c1cc2sccc2n1CCc1ccccc1. The number of piperidine rings is 1. The number of carbonyl (C=O) groups excluding carboxylic acids is 1.